The van der Waals surface area contributed by atoms with Gasteiger partial charge in [0, 0.05) is 4.90 Å². The lowest BCUT2D eigenvalue weighted by Gasteiger charge is -2.07. The SMILES string of the molecule is FC(F)Oc1c(S)ccc2[nH]cnc12. The Morgan fingerprint density at radius 1 is 1.43 bits per heavy atom. The van der Waals surface area contributed by atoms with Gasteiger partial charge in [0.2, 0.25) is 0 Å². The average Bonchev–Trinajstić information content (AvgIpc) is 2.57. The first-order chi connectivity index (χ1) is 6.68. The van der Waals surface area contributed by atoms with Gasteiger partial charge in [-0.25, -0.2) is 4.98 Å². The second-order valence-corrected chi connectivity index (χ2v) is 3.07. The molecule has 0 aliphatic heterocycles. The molecule has 3 nitrogen and oxygen atoms in total. The molecule has 1 heterocycles. The van der Waals surface area contributed by atoms with E-state index < -0.39 is 6.61 Å². The summed E-state index contributed by atoms with van der Waals surface area (Å²) in [6.07, 6.45) is 1.41. The highest BCUT2D eigenvalue weighted by Gasteiger charge is 2.13. The third-order valence-electron chi connectivity index (χ3n) is 1.73. The van der Waals surface area contributed by atoms with Crippen molar-refractivity contribution in [3.63, 3.8) is 0 Å². The summed E-state index contributed by atoms with van der Waals surface area (Å²) in [4.78, 5) is 7.00. The van der Waals surface area contributed by atoms with Crippen LogP contribution in [0.1, 0.15) is 0 Å². The molecular weight excluding hydrogens is 210 g/mol. The van der Waals surface area contributed by atoms with E-state index in [4.69, 9.17) is 0 Å². The summed E-state index contributed by atoms with van der Waals surface area (Å²) in [7, 11) is 0. The van der Waals surface area contributed by atoms with E-state index in [0.717, 1.165) is 0 Å². The Bertz CT molecular complexity index is 458. The zero-order valence-electron chi connectivity index (χ0n) is 6.87. The average molecular weight is 216 g/mol. The number of hydrogen-bond acceptors (Lipinski definition) is 3. The molecule has 2 rings (SSSR count). The minimum Gasteiger partial charge on any atom is -0.431 e. The van der Waals surface area contributed by atoms with Crippen molar-refractivity contribution in [3.8, 4) is 5.75 Å². The van der Waals surface area contributed by atoms with Gasteiger partial charge in [-0.2, -0.15) is 8.78 Å². The fourth-order valence-electron chi connectivity index (χ4n) is 1.18. The summed E-state index contributed by atoms with van der Waals surface area (Å²) in [6.45, 7) is -2.87. The highest BCUT2D eigenvalue weighted by molar-refractivity contribution is 7.80. The number of imidazole rings is 1. The van der Waals surface area contributed by atoms with Gasteiger partial charge in [-0.3, -0.25) is 0 Å². The summed E-state index contributed by atoms with van der Waals surface area (Å²) in [5.74, 6) is 0.00193. The Balaban J connectivity index is 2.58. The molecule has 74 valence electrons. The highest BCUT2D eigenvalue weighted by Crippen LogP contribution is 2.31. The van der Waals surface area contributed by atoms with Crippen molar-refractivity contribution in [1.82, 2.24) is 9.97 Å². The van der Waals surface area contributed by atoms with E-state index in [1.54, 1.807) is 12.1 Å². The predicted octanol–water partition coefficient (Wildman–Crippen LogP) is 2.45. The molecular formula is C8H6F2N2OS. The molecule has 1 aromatic heterocycles. The first kappa shape index (κ1) is 9.26. The number of nitrogens with zero attached hydrogens (tertiary/aromatic N) is 1. The molecule has 0 spiro atoms. The third-order valence-corrected chi connectivity index (χ3v) is 2.08. The number of nitrogens with one attached hydrogen (secondary N) is 1. The third kappa shape index (κ3) is 1.52. The largest absolute Gasteiger partial charge is 0.431 e. The Labute approximate surface area is 83.5 Å². The Hall–Kier alpha value is -1.30. The molecule has 2 aromatic rings. The first-order valence-corrected chi connectivity index (χ1v) is 4.23. The number of rotatable bonds is 2. The summed E-state index contributed by atoms with van der Waals surface area (Å²) >= 11 is 4.01. The van der Waals surface area contributed by atoms with E-state index >= 15 is 0 Å². The van der Waals surface area contributed by atoms with E-state index in [9.17, 15) is 8.78 Å². The molecule has 1 aromatic carbocycles. The predicted molar refractivity (Wildman–Crippen MR) is 50.0 cm³/mol. The number of halogens is 2. The van der Waals surface area contributed by atoms with Gasteiger partial charge in [0.05, 0.1) is 11.8 Å². The van der Waals surface area contributed by atoms with Crippen LogP contribution in [0, 0.1) is 0 Å². The first-order valence-electron chi connectivity index (χ1n) is 3.78. The van der Waals surface area contributed by atoms with Crippen LogP contribution in [0.4, 0.5) is 8.78 Å². The van der Waals surface area contributed by atoms with E-state index in [1.165, 1.54) is 6.33 Å². The lowest BCUT2D eigenvalue weighted by Crippen LogP contribution is -2.03. The van der Waals surface area contributed by atoms with Crippen molar-refractivity contribution < 1.29 is 13.5 Å². The van der Waals surface area contributed by atoms with Crippen molar-refractivity contribution in [3.05, 3.63) is 18.5 Å². The van der Waals surface area contributed by atoms with Crippen molar-refractivity contribution in [1.29, 1.82) is 0 Å². The van der Waals surface area contributed by atoms with Gasteiger partial charge in [-0.1, -0.05) is 0 Å². The number of H-pyrrole nitrogens is 1. The maximum absolute atomic E-state index is 12.0. The fourth-order valence-corrected chi connectivity index (χ4v) is 1.41. The molecule has 0 bridgehead atoms. The van der Waals surface area contributed by atoms with Crippen LogP contribution in [0.3, 0.4) is 0 Å². The summed E-state index contributed by atoms with van der Waals surface area (Å²) < 4.78 is 28.4. The van der Waals surface area contributed by atoms with Crippen LogP contribution in [0.15, 0.2) is 23.4 Å². The smallest absolute Gasteiger partial charge is 0.387 e. The molecule has 0 aliphatic carbocycles. The van der Waals surface area contributed by atoms with Crippen LogP contribution in [0.5, 0.6) is 5.75 Å². The Morgan fingerprint density at radius 2 is 2.21 bits per heavy atom. The second-order valence-electron chi connectivity index (χ2n) is 2.59. The van der Waals surface area contributed by atoms with Gasteiger partial charge >= 0.3 is 6.61 Å². The van der Waals surface area contributed by atoms with Crippen LogP contribution in [-0.4, -0.2) is 16.6 Å². The van der Waals surface area contributed by atoms with E-state index in [2.05, 4.69) is 27.3 Å². The number of fused-ring (bicyclic) bond motifs is 1. The monoisotopic (exact) mass is 216 g/mol. The Kier molecular flexibility index (Phi) is 2.28. The normalized spacial score (nSPS) is 11.1. The molecule has 0 saturated heterocycles. The summed E-state index contributed by atoms with van der Waals surface area (Å²) in [6, 6.07) is 3.27. The molecule has 6 heteroatoms. The maximum Gasteiger partial charge on any atom is 0.387 e. The molecule has 1 N–H and O–H groups in total. The minimum atomic E-state index is -2.87. The molecule has 0 fully saturated rings. The number of thiol groups is 1. The number of benzene rings is 1. The van der Waals surface area contributed by atoms with Gasteiger partial charge in [0.15, 0.2) is 5.75 Å². The molecule has 0 aliphatic rings. The fraction of sp³-hybridized carbons (Fsp3) is 0.125. The zero-order chi connectivity index (χ0) is 10.1. The van der Waals surface area contributed by atoms with Gasteiger partial charge in [-0.05, 0) is 12.1 Å². The van der Waals surface area contributed by atoms with Crippen LogP contribution in [0.25, 0.3) is 11.0 Å². The maximum atomic E-state index is 12.0. The van der Waals surface area contributed by atoms with Gasteiger partial charge < -0.3 is 9.72 Å². The summed E-state index contributed by atoms with van der Waals surface area (Å²) in [5, 5.41) is 0. The van der Waals surface area contributed by atoms with E-state index in [-0.39, 0.29) is 5.75 Å². The quantitative estimate of drug-likeness (QED) is 0.757. The number of aromatic nitrogens is 2. The molecule has 0 saturated carbocycles. The molecule has 0 atom stereocenters. The number of aromatic amines is 1. The second kappa shape index (κ2) is 3.45. The zero-order valence-corrected chi connectivity index (χ0v) is 7.76. The van der Waals surface area contributed by atoms with Gasteiger partial charge in [0.1, 0.15) is 5.52 Å². The van der Waals surface area contributed by atoms with Gasteiger partial charge in [-0.15, -0.1) is 12.6 Å². The standard InChI is InChI=1S/C8H6F2N2OS/c9-8(10)13-7-5(14)2-1-4-6(7)12-3-11-4/h1-3,8,14H,(H,11,12). The number of hydrogen-bond donors (Lipinski definition) is 2. The van der Waals surface area contributed by atoms with Crippen LogP contribution in [-0.2, 0) is 0 Å². The van der Waals surface area contributed by atoms with Crippen LogP contribution < -0.4 is 4.74 Å². The van der Waals surface area contributed by atoms with E-state index in [0.29, 0.717) is 15.9 Å². The van der Waals surface area contributed by atoms with Crippen LogP contribution in [0.2, 0.25) is 0 Å². The highest BCUT2D eigenvalue weighted by atomic mass is 32.1. The number of ether oxygens (including phenoxy) is 1. The van der Waals surface area contributed by atoms with Gasteiger partial charge in [0.25, 0.3) is 0 Å². The Morgan fingerprint density at radius 3 is 2.93 bits per heavy atom. The van der Waals surface area contributed by atoms with E-state index in [1.807, 2.05) is 0 Å². The lowest BCUT2D eigenvalue weighted by atomic mass is 10.3. The summed E-state index contributed by atoms with van der Waals surface area (Å²) in [5.41, 5.74) is 0.997. The molecule has 0 unspecified atom stereocenters. The van der Waals surface area contributed by atoms with Crippen molar-refractivity contribution in [2.75, 3.05) is 0 Å². The minimum absolute atomic E-state index is 0.00193. The molecule has 14 heavy (non-hydrogen) atoms. The lowest BCUT2D eigenvalue weighted by molar-refractivity contribution is -0.0506. The van der Waals surface area contributed by atoms with Crippen molar-refractivity contribution >= 4 is 23.7 Å². The molecule has 0 amide bonds. The van der Waals surface area contributed by atoms with Crippen molar-refractivity contribution in [2.24, 2.45) is 0 Å². The van der Waals surface area contributed by atoms with Crippen molar-refractivity contribution in [2.45, 2.75) is 11.5 Å². The molecule has 0 radical (unpaired) electrons. The number of alkyl halides is 2. The topological polar surface area (TPSA) is 37.9 Å². The van der Waals surface area contributed by atoms with Crippen LogP contribution >= 0.6 is 12.6 Å².